The number of hydrogen-bond donors (Lipinski definition) is 2. The first kappa shape index (κ1) is 11.6. The molecule has 0 radical (unpaired) electrons. The molecule has 2 rings (SSSR count). The van der Waals surface area contributed by atoms with Crippen LogP contribution in [0.2, 0.25) is 0 Å². The number of rotatable bonds is 3. The Hall–Kier alpha value is -1.85. The van der Waals surface area contributed by atoms with Gasteiger partial charge in [0.25, 0.3) is 0 Å². The zero-order chi connectivity index (χ0) is 12.3. The van der Waals surface area contributed by atoms with Crippen LogP contribution in [0.4, 0.5) is 0 Å². The summed E-state index contributed by atoms with van der Waals surface area (Å²) in [5, 5.41) is 8.12. The topological polar surface area (TPSA) is 76.7 Å². The van der Waals surface area contributed by atoms with Gasteiger partial charge in [-0.2, -0.15) is 10.2 Å². The predicted molar refractivity (Wildman–Crippen MR) is 64.9 cm³/mol. The quantitative estimate of drug-likeness (QED) is 0.607. The van der Waals surface area contributed by atoms with Crippen LogP contribution in [0.25, 0.3) is 0 Å². The number of hydrazine groups is 1. The van der Waals surface area contributed by atoms with Gasteiger partial charge in [0.05, 0.1) is 17.4 Å². The van der Waals surface area contributed by atoms with Crippen LogP contribution in [-0.4, -0.2) is 15.2 Å². The molecule has 0 aliphatic rings. The van der Waals surface area contributed by atoms with E-state index in [2.05, 4.69) is 20.6 Å². The SMILES string of the molecule is Cc1cc(C(NN)c2cccnc2)c(C)nn1. The van der Waals surface area contributed by atoms with E-state index >= 15 is 0 Å². The summed E-state index contributed by atoms with van der Waals surface area (Å²) in [6.45, 7) is 3.83. The van der Waals surface area contributed by atoms with Crippen molar-refractivity contribution in [3.63, 3.8) is 0 Å². The summed E-state index contributed by atoms with van der Waals surface area (Å²) in [5.74, 6) is 5.63. The summed E-state index contributed by atoms with van der Waals surface area (Å²) < 4.78 is 0. The largest absolute Gasteiger partial charge is 0.271 e. The molecule has 2 heterocycles. The van der Waals surface area contributed by atoms with Crippen molar-refractivity contribution >= 4 is 0 Å². The molecule has 0 aliphatic carbocycles. The van der Waals surface area contributed by atoms with Gasteiger partial charge in [0.2, 0.25) is 0 Å². The molecule has 5 heteroatoms. The van der Waals surface area contributed by atoms with Crippen molar-refractivity contribution in [2.45, 2.75) is 19.9 Å². The summed E-state index contributed by atoms with van der Waals surface area (Å²) in [5.41, 5.74) is 6.55. The van der Waals surface area contributed by atoms with E-state index in [1.807, 2.05) is 32.0 Å². The highest BCUT2D eigenvalue weighted by atomic mass is 15.2. The highest BCUT2D eigenvalue weighted by molar-refractivity contribution is 5.32. The van der Waals surface area contributed by atoms with Crippen molar-refractivity contribution in [1.29, 1.82) is 0 Å². The summed E-state index contributed by atoms with van der Waals surface area (Å²) in [6, 6.07) is 5.74. The Kier molecular flexibility index (Phi) is 3.41. The second kappa shape index (κ2) is 4.99. The molecular formula is C12H15N5. The first-order valence-electron chi connectivity index (χ1n) is 5.39. The molecule has 0 spiro atoms. The number of nitrogens with two attached hydrogens (primary N) is 1. The number of pyridine rings is 1. The lowest BCUT2D eigenvalue weighted by Crippen LogP contribution is -2.29. The fourth-order valence-corrected chi connectivity index (χ4v) is 1.77. The summed E-state index contributed by atoms with van der Waals surface area (Å²) in [7, 11) is 0. The fraction of sp³-hybridized carbons (Fsp3) is 0.250. The van der Waals surface area contributed by atoms with Crippen LogP contribution < -0.4 is 11.3 Å². The Morgan fingerprint density at radius 1 is 1.29 bits per heavy atom. The zero-order valence-corrected chi connectivity index (χ0v) is 9.88. The number of nitrogens with one attached hydrogen (secondary N) is 1. The molecule has 0 amide bonds. The summed E-state index contributed by atoms with van der Waals surface area (Å²) in [6.07, 6.45) is 3.53. The molecule has 0 bridgehead atoms. The minimum atomic E-state index is -0.113. The highest BCUT2D eigenvalue weighted by Crippen LogP contribution is 2.22. The van der Waals surface area contributed by atoms with Crippen molar-refractivity contribution in [3.05, 3.63) is 53.1 Å². The van der Waals surface area contributed by atoms with E-state index in [4.69, 9.17) is 5.84 Å². The van der Waals surface area contributed by atoms with Crippen LogP contribution >= 0.6 is 0 Å². The van der Waals surface area contributed by atoms with E-state index in [-0.39, 0.29) is 6.04 Å². The minimum absolute atomic E-state index is 0.113. The number of hydrogen-bond acceptors (Lipinski definition) is 5. The van der Waals surface area contributed by atoms with E-state index < -0.39 is 0 Å². The van der Waals surface area contributed by atoms with E-state index in [1.165, 1.54) is 0 Å². The Labute approximate surface area is 100 Å². The van der Waals surface area contributed by atoms with E-state index in [9.17, 15) is 0 Å². The van der Waals surface area contributed by atoms with Crippen molar-refractivity contribution in [2.75, 3.05) is 0 Å². The van der Waals surface area contributed by atoms with Gasteiger partial charge in [-0.15, -0.1) is 0 Å². The fourth-order valence-electron chi connectivity index (χ4n) is 1.77. The highest BCUT2D eigenvalue weighted by Gasteiger charge is 2.16. The molecule has 3 N–H and O–H groups in total. The molecule has 0 aliphatic heterocycles. The van der Waals surface area contributed by atoms with Crippen LogP contribution in [0.15, 0.2) is 30.6 Å². The lowest BCUT2D eigenvalue weighted by molar-refractivity contribution is 0.624. The molecule has 2 aromatic heterocycles. The van der Waals surface area contributed by atoms with Crippen molar-refractivity contribution in [1.82, 2.24) is 20.6 Å². The normalized spacial score (nSPS) is 12.4. The van der Waals surface area contributed by atoms with Crippen LogP contribution in [0.3, 0.4) is 0 Å². The molecule has 2 aromatic rings. The number of aryl methyl sites for hydroxylation is 2. The third-order valence-corrected chi connectivity index (χ3v) is 2.64. The van der Waals surface area contributed by atoms with Gasteiger partial charge in [-0.25, -0.2) is 5.43 Å². The third kappa shape index (κ3) is 2.46. The van der Waals surface area contributed by atoms with Crippen LogP contribution in [0.5, 0.6) is 0 Å². The molecular weight excluding hydrogens is 214 g/mol. The molecule has 0 saturated carbocycles. The molecule has 0 fully saturated rings. The first-order valence-corrected chi connectivity index (χ1v) is 5.39. The molecule has 0 aromatic carbocycles. The number of nitrogens with zero attached hydrogens (tertiary/aromatic N) is 3. The molecule has 17 heavy (non-hydrogen) atoms. The smallest absolute Gasteiger partial charge is 0.0743 e. The molecule has 1 unspecified atom stereocenters. The Morgan fingerprint density at radius 3 is 2.76 bits per heavy atom. The molecule has 5 nitrogen and oxygen atoms in total. The van der Waals surface area contributed by atoms with Crippen LogP contribution in [0, 0.1) is 13.8 Å². The van der Waals surface area contributed by atoms with Gasteiger partial charge in [-0.1, -0.05) is 6.07 Å². The van der Waals surface area contributed by atoms with Gasteiger partial charge in [0, 0.05) is 12.4 Å². The average molecular weight is 229 g/mol. The maximum Gasteiger partial charge on any atom is 0.0743 e. The van der Waals surface area contributed by atoms with E-state index in [0.29, 0.717) is 0 Å². The molecule has 1 atom stereocenters. The van der Waals surface area contributed by atoms with Gasteiger partial charge in [-0.05, 0) is 37.1 Å². The Balaban J connectivity index is 2.46. The van der Waals surface area contributed by atoms with Gasteiger partial charge >= 0.3 is 0 Å². The standard InChI is InChI=1S/C12H15N5/c1-8-6-11(9(2)17-16-8)12(15-13)10-4-3-5-14-7-10/h3-7,12,15H,13H2,1-2H3. The van der Waals surface area contributed by atoms with Gasteiger partial charge in [0.1, 0.15) is 0 Å². The molecule has 88 valence electrons. The second-order valence-corrected chi connectivity index (χ2v) is 3.91. The number of aromatic nitrogens is 3. The second-order valence-electron chi connectivity index (χ2n) is 3.91. The minimum Gasteiger partial charge on any atom is -0.271 e. The van der Waals surface area contributed by atoms with Crippen molar-refractivity contribution in [3.8, 4) is 0 Å². The predicted octanol–water partition coefficient (Wildman–Crippen LogP) is 1.04. The Bertz CT molecular complexity index is 498. The monoisotopic (exact) mass is 229 g/mol. The lowest BCUT2D eigenvalue weighted by atomic mass is 10.00. The van der Waals surface area contributed by atoms with Crippen molar-refractivity contribution < 1.29 is 0 Å². The van der Waals surface area contributed by atoms with Crippen molar-refractivity contribution in [2.24, 2.45) is 5.84 Å². The van der Waals surface area contributed by atoms with E-state index in [0.717, 1.165) is 22.5 Å². The maximum absolute atomic E-state index is 5.63. The van der Waals surface area contributed by atoms with Crippen LogP contribution in [0.1, 0.15) is 28.6 Å². The maximum atomic E-state index is 5.63. The Morgan fingerprint density at radius 2 is 2.12 bits per heavy atom. The van der Waals surface area contributed by atoms with Crippen LogP contribution in [-0.2, 0) is 0 Å². The van der Waals surface area contributed by atoms with E-state index in [1.54, 1.807) is 12.4 Å². The van der Waals surface area contributed by atoms with Gasteiger partial charge in [-0.3, -0.25) is 10.8 Å². The zero-order valence-electron chi connectivity index (χ0n) is 9.88. The lowest BCUT2D eigenvalue weighted by Gasteiger charge is -2.18. The first-order chi connectivity index (χ1) is 8.22. The molecule has 0 saturated heterocycles. The third-order valence-electron chi connectivity index (χ3n) is 2.64. The van der Waals surface area contributed by atoms with Gasteiger partial charge in [0.15, 0.2) is 0 Å². The summed E-state index contributed by atoms with van der Waals surface area (Å²) >= 11 is 0. The van der Waals surface area contributed by atoms with Gasteiger partial charge < -0.3 is 0 Å². The summed E-state index contributed by atoms with van der Waals surface area (Å²) in [4.78, 5) is 4.10. The average Bonchev–Trinajstić information content (AvgIpc) is 2.36.